The summed E-state index contributed by atoms with van der Waals surface area (Å²) in [5.74, 6) is 0.851. The van der Waals surface area contributed by atoms with Crippen LogP contribution in [0.4, 0.5) is 11.5 Å². The van der Waals surface area contributed by atoms with E-state index in [1.165, 1.54) is 5.56 Å². The third-order valence-electron chi connectivity index (χ3n) is 2.58. The summed E-state index contributed by atoms with van der Waals surface area (Å²) in [6, 6.07) is 7.94. The highest BCUT2D eigenvalue weighted by Crippen LogP contribution is 2.22. The Bertz CT molecular complexity index is 469. The fraction of sp³-hybridized carbons (Fsp3) is 0.286. The Balaban J connectivity index is 2.14. The van der Waals surface area contributed by atoms with Crippen LogP contribution in [0.2, 0.25) is 0 Å². The molecule has 0 bridgehead atoms. The van der Waals surface area contributed by atoms with Gasteiger partial charge in [0.2, 0.25) is 0 Å². The molecule has 0 aliphatic heterocycles. The van der Waals surface area contributed by atoms with E-state index in [-0.39, 0.29) is 5.41 Å². The molecule has 0 radical (unpaired) electrons. The van der Waals surface area contributed by atoms with Crippen LogP contribution in [-0.2, 0) is 5.41 Å². The summed E-state index contributed by atoms with van der Waals surface area (Å²) in [7, 11) is 0. The second-order valence-corrected chi connectivity index (χ2v) is 5.04. The molecular weight excluding hydrogens is 210 g/mol. The van der Waals surface area contributed by atoms with Crippen molar-refractivity contribution in [2.24, 2.45) is 0 Å². The van der Waals surface area contributed by atoms with E-state index in [1.807, 2.05) is 24.4 Å². The number of nitrogens with one attached hydrogen (secondary N) is 1. The van der Waals surface area contributed by atoms with E-state index >= 15 is 0 Å². The van der Waals surface area contributed by atoms with E-state index in [0.717, 1.165) is 11.5 Å². The maximum absolute atomic E-state index is 4.41. The summed E-state index contributed by atoms with van der Waals surface area (Å²) in [6.45, 7) is 6.54. The van der Waals surface area contributed by atoms with Crippen molar-refractivity contribution >= 4 is 11.5 Å². The average molecular weight is 227 g/mol. The second kappa shape index (κ2) is 4.53. The fourth-order valence-corrected chi connectivity index (χ4v) is 1.49. The van der Waals surface area contributed by atoms with Crippen LogP contribution in [0, 0.1) is 0 Å². The van der Waals surface area contributed by atoms with E-state index in [9.17, 15) is 0 Å². The quantitative estimate of drug-likeness (QED) is 0.853. The van der Waals surface area contributed by atoms with Crippen LogP contribution in [0.25, 0.3) is 0 Å². The minimum atomic E-state index is 0.141. The Morgan fingerprint density at radius 2 is 1.71 bits per heavy atom. The molecule has 2 aromatic rings. The smallest absolute Gasteiger partial charge is 0.130 e. The van der Waals surface area contributed by atoms with Gasteiger partial charge in [-0.1, -0.05) is 26.8 Å². The monoisotopic (exact) mass is 227 g/mol. The van der Waals surface area contributed by atoms with Crippen molar-refractivity contribution in [1.82, 2.24) is 9.97 Å². The van der Waals surface area contributed by atoms with Gasteiger partial charge in [0.05, 0.1) is 0 Å². The molecule has 2 heterocycles. The van der Waals surface area contributed by atoms with Gasteiger partial charge in [-0.15, -0.1) is 0 Å². The van der Waals surface area contributed by atoms with Crippen LogP contribution in [0.15, 0.2) is 42.9 Å². The molecule has 2 aromatic heterocycles. The van der Waals surface area contributed by atoms with Gasteiger partial charge in [-0.25, -0.2) is 4.98 Å². The lowest BCUT2D eigenvalue weighted by atomic mass is 9.88. The molecule has 0 saturated heterocycles. The Hall–Kier alpha value is -1.90. The summed E-state index contributed by atoms with van der Waals surface area (Å²) >= 11 is 0. The number of hydrogen-bond donors (Lipinski definition) is 1. The van der Waals surface area contributed by atoms with Gasteiger partial charge in [0, 0.05) is 24.3 Å². The van der Waals surface area contributed by atoms with Crippen molar-refractivity contribution < 1.29 is 0 Å². The van der Waals surface area contributed by atoms with Gasteiger partial charge in [0.15, 0.2) is 0 Å². The predicted molar refractivity (Wildman–Crippen MR) is 70.5 cm³/mol. The van der Waals surface area contributed by atoms with Crippen molar-refractivity contribution in [3.05, 3.63) is 48.4 Å². The van der Waals surface area contributed by atoms with Gasteiger partial charge in [0.25, 0.3) is 0 Å². The van der Waals surface area contributed by atoms with Crippen molar-refractivity contribution in [2.75, 3.05) is 5.32 Å². The standard InChI is InChI=1S/C14H17N3/c1-14(2,3)11-4-5-13(16-10-11)17-12-6-8-15-9-7-12/h4-10H,1-3H3,(H,15,16,17). The predicted octanol–water partition coefficient (Wildman–Crippen LogP) is 3.52. The van der Waals surface area contributed by atoms with Gasteiger partial charge >= 0.3 is 0 Å². The first-order valence-corrected chi connectivity index (χ1v) is 5.69. The van der Waals surface area contributed by atoms with Crippen LogP contribution in [0.5, 0.6) is 0 Å². The van der Waals surface area contributed by atoms with Crippen LogP contribution in [-0.4, -0.2) is 9.97 Å². The summed E-state index contributed by atoms with van der Waals surface area (Å²) in [5.41, 5.74) is 2.37. The molecule has 17 heavy (non-hydrogen) atoms. The molecular formula is C14H17N3. The molecule has 1 N–H and O–H groups in total. The Labute approximate surface area is 102 Å². The molecule has 2 rings (SSSR count). The Morgan fingerprint density at radius 1 is 1.00 bits per heavy atom. The molecule has 0 unspecified atom stereocenters. The zero-order valence-electron chi connectivity index (χ0n) is 10.4. The Morgan fingerprint density at radius 3 is 2.24 bits per heavy atom. The molecule has 0 spiro atoms. The van der Waals surface area contributed by atoms with Crippen LogP contribution >= 0.6 is 0 Å². The van der Waals surface area contributed by atoms with E-state index < -0.39 is 0 Å². The minimum Gasteiger partial charge on any atom is -0.340 e. The summed E-state index contributed by atoms with van der Waals surface area (Å²) in [6.07, 6.45) is 5.43. The van der Waals surface area contributed by atoms with Gasteiger partial charge in [-0.3, -0.25) is 4.98 Å². The first-order chi connectivity index (χ1) is 8.05. The number of pyridine rings is 2. The summed E-state index contributed by atoms with van der Waals surface area (Å²) < 4.78 is 0. The largest absolute Gasteiger partial charge is 0.340 e. The first kappa shape index (κ1) is 11.6. The van der Waals surface area contributed by atoms with Gasteiger partial charge in [-0.2, -0.15) is 0 Å². The first-order valence-electron chi connectivity index (χ1n) is 5.69. The van der Waals surface area contributed by atoms with Crippen molar-refractivity contribution in [1.29, 1.82) is 0 Å². The highest BCUT2D eigenvalue weighted by molar-refractivity contribution is 5.55. The molecule has 0 fully saturated rings. The lowest BCUT2D eigenvalue weighted by molar-refractivity contribution is 0.587. The Kier molecular flexibility index (Phi) is 3.09. The van der Waals surface area contributed by atoms with Gasteiger partial charge < -0.3 is 5.32 Å². The topological polar surface area (TPSA) is 37.8 Å². The number of aromatic nitrogens is 2. The summed E-state index contributed by atoms with van der Waals surface area (Å²) in [5, 5.41) is 3.23. The van der Waals surface area contributed by atoms with Crippen LogP contribution in [0.1, 0.15) is 26.3 Å². The maximum Gasteiger partial charge on any atom is 0.130 e. The highest BCUT2D eigenvalue weighted by Gasteiger charge is 2.13. The molecule has 3 heteroatoms. The molecule has 0 aliphatic rings. The molecule has 0 saturated carbocycles. The second-order valence-electron chi connectivity index (χ2n) is 5.04. The zero-order valence-corrected chi connectivity index (χ0v) is 10.4. The molecule has 0 aliphatic carbocycles. The molecule has 0 aromatic carbocycles. The SMILES string of the molecule is CC(C)(C)c1ccc(Nc2ccncc2)nc1. The number of nitrogens with zero attached hydrogens (tertiary/aromatic N) is 2. The molecule has 3 nitrogen and oxygen atoms in total. The normalized spacial score (nSPS) is 11.2. The van der Waals surface area contributed by atoms with Crippen LogP contribution < -0.4 is 5.32 Å². The third kappa shape index (κ3) is 3.03. The van der Waals surface area contributed by atoms with Crippen molar-refractivity contribution in [3.63, 3.8) is 0 Å². The summed E-state index contributed by atoms with van der Waals surface area (Å²) in [4.78, 5) is 8.38. The average Bonchev–Trinajstić information content (AvgIpc) is 2.30. The number of anilines is 2. The molecule has 88 valence electrons. The zero-order chi connectivity index (χ0) is 12.3. The van der Waals surface area contributed by atoms with Gasteiger partial charge in [-0.05, 0) is 29.2 Å². The lowest BCUT2D eigenvalue weighted by Gasteiger charge is -2.18. The van der Waals surface area contributed by atoms with E-state index in [2.05, 4.69) is 42.1 Å². The van der Waals surface area contributed by atoms with Gasteiger partial charge in [0.1, 0.15) is 5.82 Å². The minimum absolute atomic E-state index is 0.141. The molecule has 0 atom stereocenters. The third-order valence-corrected chi connectivity index (χ3v) is 2.58. The number of hydrogen-bond acceptors (Lipinski definition) is 3. The van der Waals surface area contributed by atoms with E-state index in [1.54, 1.807) is 12.4 Å². The van der Waals surface area contributed by atoms with Crippen molar-refractivity contribution in [2.45, 2.75) is 26.2 Å². The van der Waals surface area contributed by atoms with E-state index in [0.29, 0.717) is 0 Å². The fourth-order valence-electron chi connectivity index (χ4n) is 1.49. The maximum atomic E-state index is 4.41. The number of rotatable bonds is 2. The van der Waals surface area contributed by atoms with Crippen LogP contribution in [0.3, 0.4) is 0 Å². The highest BCUT2D eigenvalue weighted by atomic mass is 15.0. The van der Waals surface area contributed by atoms with Crippen molar-refractivity contribution in [3.8, 4) is 0 Å². The van der Waals surface area contributed by atoms with E-state index in [4.69, 9.17) is 0 Å². The lowest BCUT2D eigenvalue weighted by Crippen LogP contribution is -2.11. The molecule has 0 amide bonds.